The van der Waals surface area contributed by atoms with Gasteiger partial charge in [-0.1, -0.05) is 6.07 Å². The topological polar surface area (TPSA) is 73.6 Å². The Morgan fingerprint density at radius 1 is 1.43 bits per heavy atom. The lowest BCUT2D eigenvalue weighted by atomic mass is 10.1. The molecule has 0 saturated heterocycles. The quantitative estimate of drug-likeness (QED) is 0.717. The monoisotopic (exact) mass is 298 g/mol. The minimum atomic E-state index is -0.730. The van der Waals surface area contributed by atoms with Gasteiger partial charge in [0.15, 0.2) is 6.10 Å². The molecule has 6 heteroatoms. The molecule has 5 nitrogen and oxygen atoms in total. The summed E-state index contributed by atoms with van der Waals surface area (Å²) in [7, 11) is 1.60. The second-order valence-electron chi connectivity index (χ2n) is 4.87. The third-order valence-electron chi connectivity index (χ3n) is 2.96. The molecule has 1 rings (SSSR count). The van der Waals surface area contributed by atoms with Gasteiger partial charge in [-0.25, -0.2) is 4.39 Å². The van der Waals surface area contributed by atoms with Crippen LogP contribution >= 0.6 is 0 Å². The lowest BCUT2D eigenvalue weighted by molar-refractivity contribution is -0.127. The van der Waals surface area contributed by atoms with Crippen molar-refractivity contribution in [3.05, 3.63) is 29.6 Å². The summed E-state index contributed by atoms with van der Waals surface area (Å²) in [6.07, 6.45) is -0.00754. The first-order valence-corrected chi connectivity index (χ1v) is 6.94. The Bertz CT molecular complexity index is 466. The van der Waals surface area contributed by atoms with Crippen LogP contribution in [0.1, 0.15) is 31.9 Å². The number of hydrogen-bond donors (Lipinski definition) is 2. The van der Waals surface area contributed by atoms with Crippen molar-refractivity contribution in [3.63, 3.8) is 0 Å². The number of halogens is 1. The van der Waals surface area contributed by atoms with Crippen LogP contribution in [0.15, 0.2) is 18.2 Å². The number of nitrogens with one attached hydrogen (secondary N) is 1. The first kappa shape index (κ1) is 17.4. The Labute approximate surface area is 124 Å². The Kier molecular flexibility index (Phi) is 7.11. The average molecular weight is 298 g/mol. The summed E-state index contributed by atoms with van der Waals surface area (Å²) < 4.78 is 23.8. The molecule has 1 unspecified atom stereocenters. The van der Waals surface area contributed by atoms with Crippen molar-refractivity contribution in [2.75, 3.05) is 20.3 Å². The summed E-state index contributed by atoms with van der Waals surface area (Å²) in [4.78, 5) is 11.9. The Hall–Kier alpha value is -1.66. The van der Waals surface area contributed by atoms with E-state index < -0.39 is 11.9 Å². The molecule has 1 aromatic rings. The molecule has 0 fully saturated rings. The van der Waals surface area contributed by atoms with Crippen LogP contribution in [0.25, 0.3) is 0 Å². The number of hydrogen-bond acceptors (Lipinski definition) is 4. The lowest BCUT2D eigenvalue weighted by Gasteiger charge is -2.18. The Morgan fingerprint density at radius 2 is 2.14 bits per heavy atom. The zero-order valence-electron chi connectivity index (χ0n) is 12.7. The fourth-order valence-corrected chi connectivity index (χ4v) is 1.80. The first-order valence-electron chi connectivity index (χ1n) is 6.94. The number of methoxy groups -OCH3 is 1. The minimum absolute atomic E-state index is 0.258. The van der Waals surface area contributed by atoms with Crippen molar-refractivity contribution < 1.29 is 18.7 Å². The van der Waals surface area contributed by atoms with Gasteiger partial charge in [-0.2, -0.15) is 0 Å². The Balaban J connectivity index is 2.63. The van der Waals surface area contributed by atoms with E-state index in [9.17, 15) is 9.18 Å². The average Bonchev–Trinajstić information content (AvgIpc) is 2.43. The van der Waals surface area contributed by atoms with Gasteiger partial charge in [-0.3, -0.25) is 4.79 Å². The highest BCUT2D eigenvalue weighted by Crippen LogP contribution is 2.25. The Morgan fingerprint density at radius 3 is 2.76 bits per heavy atom. The molecule has 0 saturated carbocycles. The molecule has 0 aromatic heterocycles. The number of benzene rings is 1. The normalized spacial score (nSPS) is 13.6. The maximum Gasteiger partial charge on any atom is 0.260 e. The molecule has 21 heavy (non-hydrogen) atoms. The van der Waals surface area contributed by atoms with Crippen LogP contribution in [-0.2, 0) is 9.53 Å². The van der Waals surface area contributed by atoms with Gasteiger partial charge in [0, 0.05) is 37.9 Å². The van der Waals surface area contributed by atoms with E-state index in [1.165, 1.54) is 12.1 Å². The summed E-state index contributed by atoms with van der Waals surface area (Å²) in [5.74, 6) is -0.391. The second kappa shape index (κ2) is 8.59. The standard InChI is InChI=1S/C15H23FN2O3/c1-10(17)13-6-5-12(16)9-14(13)21-11(2)15(19)18-7-4-8-20-3/h5-6,9-11H,4,7-8,17H2,1-3H3,(H,18,19)/t10-,11?/m0/s1. The molecule has 118 valence electrons. The number of carbonyl (C=O) groups is 1. The first-order chi connectivity index (χ1) is 9.95. The van der Waals surface area contributed by atoms with E-state index in [0.717, 1.165) is 6.42 Å². The van der Waals surface area contributed by atoms with Crippen LogP contribution in [0.3, 0.4) is 0 Å². The van der Waals surface area contributed by atoms with Gasteiger partial charge in [0.1, 0.15) is 11.6 Å². The highest BCUT2D eigenvalue weighted by atomic mass is 19.1. The lowest BCUT2D eigenvalue weighted by Crippen LogP contribution is -2.37. The van der Waals surface area contributed by atoms with Crippen LogP contribution in [0.4, 0.5) is 4.39 Å². The van der Waals surface area contributed by atoms with E-state index in [1.54, 1.807) is 27.0 Å². The molecule has 0 radical (unpaired) electrons. The van der Waals surface area contributed by atoms with Gasteiger partial charge in [-0.05, 0) is 26.3 Å². The molecule has 0 aliphatic rings. The van der Waals surface area contributed by atoms with Crippen LogP contribution in [-0.4, -0.2) is 32.3 Å². The van der Waals surface area contributed by atoms with Crippen molar-refractivity contribution in [1.82, 2.24) is 5.32 Å². The van der Waals surface area contributed by atoms with E-state index in [2.05, 4.69) is 5.32 Å². The maximum atomic E-state index is 13.3. The van der Waals surface area contributed by atoms with Crippen molar-refractivity contribution in [3.8, 4) is 5.75 Å². The number of nitrogens with two attached hydrogens (primary N) is 1. The van der Waals surface area contributed by atoms with Crippen molar-refractivity contribution >= 4 is 5.91 Å². The van der Waals surface area contributed by atoms with Crippen LogP contribution < -0.4 is 15.8 Å². The highest BCUT2D eigenvalue weighted by molar-refractivity contribution is 5.80. The molecule has 1 amide bonds. The largest absolute Gasteiger partial charge is 0.480 e. The minimum Gasteiger partial charge on any atom is -0.480 e. The van der Waals surface area contributed by atoms with Crippen molar-refractivity contribution in [2.45, 2.75) is 32.4 Å². The number of rotatable bonds is 8. The smallest absolute Gasteiger partial charge is 0.260 e. The van der Waals surface area contributed by atoms with Gasteiger partial charge in [0.2, 0.25) is 0 Å². The summed E-state index contributed by atoms with van der Waals surface area (Å²) in [6.45, 7) is 4.47. The fraction of sp³-hybridized carbons (Fsp3) is 0.533. The molecule has 0 bridgehead atoms. The third-order valence-corrected chi connectivity index (χ3v) is 2.96. The van der Waals surface area contributed by atoms with Gasteiger partial charge in [-0.15, -0.1) is 0 Å². The third kappa shape index (κ3) is 5.69. The highest BCUT2D eigenvalue weighted by Gasteiger charge is 2.17. The zero-order valence-corrected chi connectivity index (χ0v) is 12.7. The molecule has 1 aromatic carbocycles. The molecule has 3 N–H and O–H groups in total. The molecule has 0 aliphatic heterocycles. The predicted molar refractivity (Wildman–Crippen MR) is 78.6 cm³/mol. The van der Waals surface area contributed by atoms with Crippen molar-refractivity contribution in [1.29, 1.82) is 0 Å². The zero-order chi connectivity index (χ0) is 15.8. The van der Waals surface area contributed by atoms with Crippen LogP contribution in [0.5, 0.6) is 5.75 Å². The summed E-state index contributed by atoms with van der Waals surface area (Å²) >= 11 is 0. The second-order valence-corrected chi connectivity index (χ2v) is 4.87. The van der Waals surface area contributed by atoms with Crippen LogP contribution in [0, 0.1) is 5.82 Å². The predicted octanol–water partition coefficient (Wildman–Crippen LogP) is 1.77. The van der Waals surface area contributed by atoms with E-state index in [0.29, 0.717) is 24.5 Å². The molecule has 2 atom stereocenters. The van der Waals surface area contributed by atoms with E-state index >= 15 is 0 Å². The van der Waals surface area contributed by atoms with E-state index in [-0.39, 0.29) is 11.9 Å². The SMILES string of the molecule is COCCCNC(=O)C(C)Oc1cc(F)ccc1[C@H](C)N. The van der Waals surface area contributed by atoms with Crippen LogP contribution in [0.2, 0.25) is 0 Å². The summed E-state index contributed by atoms with van der Waals surface area (Å²) in [6, 6.07) is 3.82. The number of amides is 1. The van der Waals surface area contributed by atoms with E-state index in [4.69, 9.17) is 15.2 Å². The summed E-state index contributed by atoms with van der Waals surface area (Å²) in [5, 5.41) is 2.73. The summed E-state index contributed by atoms with van der Waals surface area (Å²) in [5.41, 5.74) is 6.48. The van der Waals surface area contributed by atoms with Gasteiger partial charge < -0.3 is 20.5 Å². The fourth-order valence-electron chi connectivity index (χ4n) is 1.80. The van der Waals surface area contributed by atoms with Gasteiger partial charge in [0.05, 0.1) is 0 Å². The van der Waals surface area contributed by atoms with Crippen molar-refractivity contribution in [2.24, 2.45) is 5.73 Å². The molecule has 0 spiro atoms. The number of ether oxygens (including phenoxy) is 2. The molecular formula is C15H23FN2O3. The molecule has 0 aliphatic carbocycles. The van der Waals surface area contributed by atoms with Gasteiger partial charge in [0.25, 0.3) is 5.91 Å². The maximum absolute atomic E-state index is 13.3. The van der Waals surface area contributed by atoms with Gasteiger partial charge >= 0.3 is 0 Å². The number of carbonyl (C=O) groups excluding carboxylic acids is 1. The van der Waals surface area contributed by atoms with E-state index in [1.807, 2.05) is 0 Å². The molecular weight excluding hydrogens is 275 g/mol. The molecule has 0 heterocycles.